The van der Waals surface area contributed by atoms with Crippen LogP contribution in [0.3, 0.4) is 0 Å². The highest BCUT2D eigenvalue weighted by Crippen LogP contribution is 2.31. The molecule has 0 spiro atoms. The van der Waals surface area contributed by atoms with Gasteiger partial charge in [0.15, 0.2) is 11.7 Å². The Morgan fingerprint density at radius 2 is 1.79 bits per heavy atom. The minimum Gasteiger partial charge on any atom is -0.494 e. The number of amides is 1. The molecule has 1 saturated heterocycles. The number of piperazine rings is 1. The summed E-state index contributed by atoms with van der Waals surface area (Å²) in [6.45, 7) is 3.01. The Labute approximate surface area is 196 Å². The molecular formula is C26H24FN5O2. The fraction of sp³-hybridized carbons (Fsp3) is 0.192. The van der Waals surface area contributed by atoms with Crippen molar-refractivity contribution in [2.45, 2.75) is 0 Å². The van der Waals surface area contributed by atoms with E-state index in [4.69, 9.17) is 4.99 Å². The van der Waals surface area contributed by atoms with E-state index in [2.05, 4.69) is 14.9 Å². The van der Waals surface area contributed by atoms with Crippen LogP contribution in [0.1, 0.15) is 21.5 Å². The van der Waals surface area contributed by atoms with Crippen LogP contribution < -0.4 is 0 Å². The van der Waals surface area contributed by atoms with Crippen LogP contribution in [-0.4, -0.2) is 69.7 Å². The molecule has 2 N–H and O–H groups in total. The highest BCUT2D eigenvalue weighted by molar-refractivity contribution is 6.21. The van der Waals surface area contributed by atoms with Crippen LogP contribution in [0, 0.1) is 5.82 Å². The van der Waals surface area contributed by atoms with Gasteiger partial charge in [0.1, 0.15) is 5.82 Å². The second kappa shape index (κ2) is 9.07. The average Bonchev–Trinajstić information content (AvgIpc) is 3.17. The van der Waals surface area contributed by atoms with Gasteiger partial charge in [-0.05, 0) is 37.4 Å². The van der Waals surface area contributed by atoms with Gasteiger partial charge in [-0.1, -0.05) is 30.3 Å². The van der Waals surface area contributed by atoms with E-state index in [1.54, 1.807) is 24.4 Å². The van der Waals surface area contributed by atoms with Gasteiger partial charge in [0.2, 0.25) is 0 Å². The molecule has 1 amide bonds. The third-order valence-corrected chi connectivity index (χ3v) is 6.03. The number of rotatable bonds is 4. The summed E-state index contributed by atoms with van der Waals surface area (Å²) in [5.74, 6) is -0.239. The van der Waals surface area contributed by atoms with Crippen LogP contribution in [-0.2, 0) is 0 Å². The second-order valence-corrected chi connectivity index (χ2v) is 8.36. The highest BCUT2D eigenvalue weighted by atomic mass is 19.1. The van der Waals surface area contributed by atoms with Gasteiger partial charge >= 0.3 is 0 Å². The first-order chi connectivity index (χ1) is 16.5. The molecule has 3 heterocycles. The number of aromatic hydroxyl groups is 1. The molecule has 1 aliphatic rings. The number of benzene rings is 2. The van der Waals surface area contributed by atoms with Gasteiger partial charge in [-0.25, -0.2) is 14.4 Å². The first-order valence-electron chi connectivity index (χ1n) is 11.1. The van der Waals surface area contributed by atoms with E-state index < -0.39 is 5.82 Å². The third kappa shape index (κ3) is 4.27. The van der Waals surface area contributed by atoms with E-state index in [0.29, 0.717) is 46.6 Å². The van der Waals surface area contributed by atoms with Crippen molar-refractivity contribution in [1.82, 2.24) is 19.8 Å². The summed E-state index contributed by atoms with van der Waals surface area (Å²) < 4.78 is 13.8. The van der Waals surface area contributed by atoms with Gasteiger partial charge < -0.3 is 19.9 Å². The molecule has 5 rings (SSSR count). The Kier molecular flexibility index (Phi) is 5.81. The second-order valence-electron chi connectivity index (χ2n) is 8.36. The lowest BCUT2D eigenvalue weighted by molar-refractivity contribution is 0.0664. The summed E-state index contributed by atoms with van der Waals surface area (Å²) in [6, 6.07) is 17.0. The molecule has 172 valence electrons. The molecule has 1 aliphatic heterocycles. The number of aliphatic imine (C=N–C) groups is 1. The van der Waals surface area contributed by atoms with E-state index in [1.165, 1.54) is 12.1 Å². The van der Waals surface area contributed by atoms with Gasteiger partial charge in [0.25, 0.3) is 5.91 Å². The molecule has 2 aromatic heterocycles. The molecule has 0 atom stereocenters. The van der Waals surface area contributed by atoms with Gasteiger partial charge in [-0.3, -0.25) is 4.79 Å². The molecule has 2 aromatic carbocycles. The Morgan fingerprint density at radius 1 is 1.03 bits per heavy atom. The van der Waals surface area contributed by atoms with Crippen molar-refractivity contribution in [3.63, 3.8) is 0 Å². The van der Waals surface area contributed by atoms with Gasteiger partial charge in [-0.15, -0.1) is 0 Å². The van der Waals surface area contributed by atoms with Crippen molar-refractivity contribution in [3.05, 3.63) is 89.4 Å². The Morgan fingerprint density at radius 3 is 2.56 bits per heavy atom. The number of carbonyl (C=O) groups excluding carboxylic acids is 1. The zero-order chi connectivity index (χ0) is 23.7. The maximum absolute atomic E-state index is 13.8. The number of hydrogen-bond donors (Lipinski definition) is 2. The number of hydrogen-bond acceptors (Lipinski definition) is 5. The number of fused-ring (bicyclic) bond motifs is 1. The third-order valence-electron chi connectivity index (χ3n) is 6.03. The van der Waals surface area contributed by atoms with Crippen molar-refractivity contribution in [2.75, 3.05) is 33.2 Å². The molecule has 0 unspecified atom stereocenters. The Hall–Kier alpha value is -4.04. The number of aromatic nitrogens is 2. The van der Waals surface area contributed by atoms with Crippen LogP contribution in [0.2, 0.25) is 0 Å². The molecule has 34 heavy (non-hydrogen) atoms. The zero-order valence-corrected chi connectivity index (χ0v) is 18.7. The van der Waals surface area contributed by atoms with E-state index in [0.717, 1.165) is 18.7 Å². The van der Waals surface area contributed by atoms with Crippen molar-refractivity contribution in [2.24, 2.45) is 4.99 Å². The number of H-pyrrole nitrogens is 1. The summed E-state index contributed by atoms with van der Waals surface area (Å²) in [6.07, 6.45) is 1.56. The summed E-state index contributed by atoms with van der Waals surface area (Å²) >= 11 is 0. The van der Waals surface area contributed by atoms with E-state index in [1.807, 2.05) is 42.3 Å². The molecule has 0 saturated carbocycles. The minimum absolute atomic E-state index is 0.0568. The van der Waals surface area contributed by atoms with E-state index in [9.17, 15) is 14.3 Å². The number of nitrogens with zero attached hydrogens (tertiary/aromatic N) is 4. The quantitative estimate of drug-likeness (QED) is 0.454. The summed E-state index contributed by atoms with van der Waals surface area (Å²) in [4.78, 5) is 29.0. The molecule has 4 aromatic rings. The maximum Gasteiger partial charge on any atom is 0.254 e. The zero-order valence-electron chi connectivity index (χ0n) is 18.7. The monoisotopic (exact) mass is 457 g/mol. The minimum atomic E-state index is -0.407. The number of likely N-dealkylation sites (N-methyl/N-ethyl adjacent to an activating group) is 1. The standard InChI is InChI=1S/C26H24FN5O2/c1-31-11-13-32(14-12-31)26(34)18-9-10-28-22(15-18)30-24(17-5-3-2-4-6-17)23-20-8-7-19(27)16-21(20)29-25(23)33/h2-10,15-16,29,33H,11-14H2,1H3. The number of pyridine rings is 1. The topological polar surface area (TPSA) is 84.8 Å². The van der Waals surface area contributed by atoms with Gasteiger partial charge in [-0.2, -0.15) is 0 Å². The predicted molar refractivity (Wildman–Crippen MR) is 129 cm³/mol. The normalized spacial score (nSPS) is 15.1. The van der Waals surface area contributed by atoms with Gasteiger partial charge in [0, 0.05) is 48.9 Å². The van der Waals surface area contributed by atoms with Crippen LogP contribution in [0.25, 0.3) is 10.9 Å². The van der Waals surface area contributed by atoms with Crippen LogP contribution in [0.4, 0.5) is 10.2 Å². The molecule has 7 nitrogen and oxygen atoms in total. The smallest absolute Gasteiger partial charge is 0.254 e. The average molecular weight is 458 g/mol. The van der Waals surface area contributed by atoms with Crippen molar-refractivity contribution in [3.8, 4) is 5.88 Å². The van der Waals surface area contributed by atoms with E-state index in [-0.39, 0.29) is 11.8 Å². The number of aromatic amines is 1. The first kappa shape index (κ1) is 21.8. The lowest BCUT2D eigenvalue weighted by atomic mass is 10.0. The fourth-order valence-corrected chi connectivity index (χ4v) is 4.18. The SMILES string of the molecule is CN1CCN(C(=O)c2ccnc(N=C(c3ccccc3)c3c(O)[nH]c4cc(F)ccc34)c2)CC1. The van der Waals surface area contributed by atoms with Crippen LogP contribution >= 0.6 is 0 Å². The molecule has 0 aliphatic carbocycles. The molecule has 8 heteroatoms. The van der Waals surface area contributed by atoms with Crippen LogP contribution in [0.5, 0.6) is 5.88 Å². The van der Waals surface area contributed by atoms with Gasteiger partial charge in [0.05, 0.1) is 16.8 Å². The largest absolute Gasteiger partial charge is 0.494 e. The van der Waals surface area contributed by atoms with Crippen molar-refractivity contribution < 1.29 is 14.3 Å². The Balaban J connectivity index is 1.58. The van der Waals surface area contributed by atoms with Crippen LogP contribution in [0.15, 0.2) is 71.9 Å². The maximum atomic E-state index is 13.8. The van der Waals surface area contributed by atoms with Crippen molar-refractivity contribution >= 4 is 28.3 Å². The Bertz CT molecular complexity index is 1370. The predicted octanol–water partition coefficient (Wildman–Crippen LogP) is 3.96. The summed E-state index contributed by atoms with van der Waals surface area (Å²) in [5.41, 5.74) is 2.63. The fourth-order valence-electron chi connectivity index (χ4n) is 4.18. The highest BCUT2D eigenvalue weighted by Gasteiger charge is 2.22. The molecule has 1 fully saturated rings. The summed E-state index contributed by atoms with van der Waals surface area (Å²) in [5, 5.41) is 11.4. The lowest BCUT2D eigenvalue weighted by Crippen LogP contribution is -2.47. The number of nitrogens with one attached hydrogen (secondary N) is 1. The van der Waals surface area contributed by atoms with Crippen molar-refractivity contribution in [1.29, 1.82) is 0 Å². The first-order valence-corrected chi connectivity index (χ1v) is 11.1. The molecule has 0 bridgehead atoms. The van der Waals surface area contributed by atoms with E-state index >= 15 is 0 Å². The number of halogens is 1. The molecule has 0 radical (unpaired) electrons. The number of carbonyl (C=O) groups is 1. The lowest BCUT2D eigenvalue weighted by Gasteiger charge is -2.32. The molecular weight excluding hydrogens is 433 g/mol. The summed E-state index contributed by atoms with van der Waals surface area (Å²) in [7, 11) is 2.04.